The van der Waals surface area contributed by atoms with Crippen molar-refractivity contribution in [3.8, 4) is 0 Å². The highest BCUT2D eigenvalue weighted by molar-refractivity contribution is 9.10. The Morgan fingerprint density at radius 2 is 2.25 bits per heavy atom. The van der Waals surface area contributed by atoms with Crippen LogP contribution in [0.25, 0.3) is 0 Å². The lowest BCUT2D eigenvalue weighted by Crippen LogP contribution is -2.09. The maximum Gasteiger partial charge on any atom is 0.0410 e. The molecule has 1 aromatic carbocycles. The van der Waals surface area contributed by atoms with E-state index in [2.05, 4.69) is 22.9 Å². The topological polar surface area (TPSA) is 26.0 Å². The fourth-order valence-corrected chi connectivity index (χ4v) is 1.74. The van der Waals surface area contributed by atoms with Gasteiger partial charge in [0.2, 0.25) is 0 Å². The van der Waals surface area contributed by atoms with Gasteiger partial charge < -0.3 is 5.73 Å². The molecule has 0 spiro atoms. The minimum atomic E-state index is 0.0677. The summed E-state index contributed by atoms with van der Waals surface area (Å²) >= 11 is 9.27. The van der Waals surface area contributed by atoms with Gasteiger partial charge in [0, 0.05) is 15.5 Å². The minimum Gasteiger partial charge on any atom is -0.324 e. The molecule has 0 fully saturated rings. The largest absolute Gasteiger partial charge is 0.324 e. The Kier molecular flexibility index (Phi) is 3.56. The standard InChI is InChI=1S/C9H11BrClN/c1-2-9(12)7-5-6(11)3-4-8(7)10/h3-5,9H,2,12H2,1H3. The van der Waals surface area contributed by atoms with E-state index < -0.39 is 0 Å². The van der Waals surface area contributed by atoms with E-state index in [1.54, 1.807) is 0 Å². The highest BCUT2D eigenvalue weighted by Gasteiger charge is 2.07. The quantitative estimate of drug-likeness (QED) is 0.851. The molecule has 1 atom stereocenters. The molecule has 0 bridgehead atoms. The molecule has 0 amide bonds. The van der Waals surface area contributed by atoms with Crippen LogP contribution in [0.5, 0.6) is 0 Å². The third-order valence-electron chi connectivity index (χ3n) is 1.80. The number of benzene rings is 1. The molecule has 0 aliphatic heterocycles. The molecule has 1 aromatic rings. The summed E-state index contributed by atoms with van der Waals surface area (Å²) in [5, 5.41) is 0.733. The lowest BCUT2D eigenvalue weighted by Gasteiger charge is -2.11. The molecule has 12 heavy (non-hydrogen) atoms. The molecule has 1 nitrogen and oxygen atoms in total. The first-order chi connectivity index (χ1) is 5.65. The molecule has 0 aliphatic carbocycles. The van der Waals surface area contributed by atoms with Gasteiger partial charge in [-0.25, -0.2) is 0 Å². The summed E-state index contributed by atoms with van der Waals surface area (Å²) in [5.41, 5.74) is 6.95. The van der Waals surface area contributed by atoms with Gasteiger partial charge in [0.05, 0.1) is 0 Å². The summed E-state index contributed by atoms with van der Waals surface area (Å²) in [6.45, 7) is 2.05. The van der Waals surface area contributed by atoms with Gasteiger partial charge in [0.1, 0.15) is 0 Å². The van der Waals surface area contributed by atoms with E-state index in [1.807, 2.05) is 18.2 Å². The second kappa shape index (κ2) is 4.26. The SMILES string of the molecule is CCC(N)c1cc(Cl)ccc1Br. The van der Waals surface area contributed by atoms with Crippen molar-refractivity contribution in [2.75, 3.05) is 0 Å². The summed E-state index contributed by atoms with van der Waals surface area (Å²) in [5.74, 6) is 0. The van der Waals surface area contributed by atoms with E-state index in [0.717, 1.165) is 21.5 Å². The fraction of sp³-hybridized carbons (Fsp3) is 0.333. The highest BCUT2D eigenvalue weighted by atomic mass is 79.9. The van der Waals surface area contributed by atoms with Crippen molar-refractivity contribution in [1.29, 1.82) is 0 Å². The van der Waals surface area contributed by atoms with Crippen LogP contribution in [-0.2, 0) is 0 Å². The fourth-order valence-electron chi connectivity index (χ4n) is 1.02. The van der Waals surface area contributed by atoms with Gasteiger partial charge in [-0.1, -0.05) is 34.5 Å². The molecular formula is C9H11BrClN. The van der Waals surface area contributed by atoms with Gasteiger partial charge in [-0.2, -0.15) is 0 Å². The molecule has 0 aliphatic rings. The second-order valence-corrected chi connectivity index (χ2v) is 3.97. The Bertz CT molecular complexity index is 275. The zero-order chi connectivity index (χ0) is 9.14. The minimum absolute atomic E-state index is 0.0677. The van der Waals surface area contributed by atoms with Crippen molar-refractivity contribution in [3.05, 3.63) is 33.3 Å². The summed E-state index contributed by atoms with van der Waals surface area (Å²) < 4.78 is 1.03. The third kappa shape index (κ3) is 2.22. The molecule has 2 N–H and O–H groups in total. The number of nitrogens with two attached hydrogens (primary N) is 1. The van der Waals surface area contributed by atoms with Crippen molar-refractivity contribution in [1.82, 2.24) is 0 Å². The predicted octanol–water partition coefficient (Wildman–Crippen LogP) is 3.51. The van der Waals surface area contributed by atoms with Crippen LogP contribution in [0.2, 0.25) is 5.02 Å². The lowest BCUT2D eigenvalue weighted by atomic mass is 10.1. The maximum absolute atomic E-state index is 5.88. The maximum atomic E-state index is 5.88. The summed E-state index contributed by atoms with van der Waals surface area (Å²) in [6, 6.07) is 5.74. The Morgan fingerprint density at radius 3 is 2.83 bits per heavy atom. The number of hydrogen-bond acceptors (Lipinski definition) is 1. The van der Waals surface area contributed by atoms with Gasteiger partial charge in [-0.05, 0) is 30.2 Å². The van der Waals surface area contributed by atoms with Crippen LogP contribution in [0.4, 0.5) is 0 Å². The van der Waals surface area contributed by atoms with Crippen LogP contribution >= 0.6 is 27.5 Å². The number of halogens is 2. The summed E-state index contributed by atoms with van der Waals surface area (Å²) in [7, 11) is 0. The Balaban J connectivity index is 3.04. The molecule has 66 valence electrons. The van der Waals surface area contributed by atoms with Gasteiger partial charge in [0.15, 0.2) is 0 Å². The van der Waals surface area contributed by atoms with Crippen molar-refractivity contribution in [2.24, 2.45) is 5.73 Å². The normalized spacial score (nSPS) is 13.0. The zero-order valence-electron chi connectivity index (χ0n) is 6.85. The first-order valence-corrected chi connectivity index (χ1v) is 5.02. The molecule has 3 heteroatoms. The third-order valence-corrected chi connectivity index (χ3v) is 2.75. The average molecular weight is 249 g/mol. The van der Waals surface area contributed by atoms with E-state index in [4.69, 9.17) is 17.3 Å². The number of rotatable bonds is 2. The molecule has 0 saturated carbocycles. The van der Waals surface area contributed by atoms with Gasteiger partial charge in [-0.3, -0.25) is 0 Å². The molecular weight excluding hydrogens is 237 g/mol. The van der Waals surface area contributed by atoms with Crippen molar-refractivity contribution < 1.29 is 0 Å². The van der Waals surface area contributed by atoms with Crippen molar-refractivity contribution >= 4 is 27.5 Å². The Labute approximate surface area is 86.0 Å². The molecule has 0 heterocycles. The monoisotopic (exact) mass is 247 g/mol. The van der Waals surface area contributed by atoms with Crippen LogP contribution in [0.1, 0.15) is 24.9 Å². The van der Waals surface area contributed by atoms with Gasteiger partial charge in [-0.15, -0.1) is 0 Å². The molecule has 0 saturated heterocycles. The molecule has 0 radical (unpaired) electrons. The lowest BCUT2D eigenvalue weighted by molar-refractivity contribution is 0.695. The van der Waals surface area contributed by atoms with Gasteiger partial charge in [0.25, 0.3) is 0 Å². The van der Waals surface area contributed by atoms with E-state index in [1.165, 1.54) is 0 Å². The van der Waals surface area contributed by atoms with Crippen molar-refractivity contribution in [2.45, 2.75) is 19.4 Å². The predicted molar refractivity (Wildman–Crippen MR) is 56.4 cm³/mol. The van der Waals surface area contributed by atoms with Gasteiger partial charge >= 0.3 is 0 Å². The molecule has 1 rings (SSSR count). The second-order valence-electron chi connectivity index (χ2n) is 2.68. The highest BCUT2D eigenvalue weighted by Crippen LogP contribution is 2.26. The average Bonchev–Trinajstić information content (AvgIpc) is 2.08. The first kappa shape index (κ1) is 10.0. The van der Waals surface area contributed by atoms with Crippen LogP contribution in [0, 0.1) is 0 Å². The van der Waals surface area contributed by atoms with Crippen LogP contribution in [0.15, 0.2) is 22.7 Å². The van der Waals surface area contributed by atoms with E-state index in [-0.39, 0.29) is 6.04 Å². The molecule has 1 unspecified atom stereocenters. The summed E-state index contributed by atoms with van der Waals surface area (Å²) in [4.78, 5) is 0. The first-order valence-electron chi connectivity index (χ1n) is 3.85. The Morgan fingerprint density at radius 1 is 1.58 bits per heavy atom. The van der Waals surface area contributed by atoms with Crippen LogP contribution < -0.4 is 5.73 Å². The zero-order valence-corrected chi connectivity index (χ0v) is 9.19. The van der Waals surface area contributed by atoms with Crippen molar-refractivity contribution in [3.63, 3.8) is 0 Å². The van der Waals surface area contributed by atoms with E-state index in [9.17, 15) is 0 Å². The Hall–Kier alpha value is -0.0500. The number of hydrogen-bond donors (Lipinski definition) is 1. The van der Waals surface area contributed by atoms with E-state index in [0.29, 0.717) is 0 Å². The summed E-state index contributed by atoms with van der Waals surface area (Å²) in [6.07, 6.45) is 0.916. The van der Waals surface area contributed by atoms with Crippen LogP contribution in [0.3, 0.4) is 0 Å². The molecule has 0 aromatic heterocycles. The van der Waals surface area contributed by atoms with Crippen LogP contribution in [-0.4, -0.2) is 0 Å². The van der Waals surface area contributed by atoms with E-state index >= 15 is 0 Å². The smallest absolute Gasteiger partial charge is 0.0410 e.